The number of aliphatic hydroxyl groups excluding tert-OH is 1. The van der Waals surface area contributed by atoms with Crippen molar-refractivity contribution in [3.05, 3.63) is 136 Å². The minimum Gasteiger partial charge on any atom is -0.493 e. The number of aliphatic hydroxyl groups is 1. The Kier molecular flexibility index (Phi) is 9.08. The number of hydrogen-bond donors (Lipinski definition) is 2. The molecule has 0 amide bonds. The molecule has 258 valence electrons. The van der Waals surface area contributed by atoms with Crippen LogP contribution in [0.1, 0.15) is 55.0 Å². The fourth-order valence-electron chi connectivity index (χ4n) is 6.95. The highest BCUT2D eigenvalue weighted by Crippen LogP contribution is 2.45. The summed E-state index contributed by atoms with van der Waals surface area (Å²) < 4.78 is 74.1. The highest BCUT2D eigenvalue weighted by atomic mass is 35.5. The lowest BCUT2D eigenvalue weighted by Crippen LogP contribution is -2.30. The van der Waals surface area contributed by atoms with Crippen LogP contribution in [0.15, 0.2) is 109 Å². The summed E-state index contributed by atoms with van der Waals surface area (Å²) in [7, 11) is -4.34. The number of halogens is 5. The molecule has 1 unspecified atom stereocenters. The lowest BCUT2D eigenvalue weighted by Gasteiger charge is -2.31. The van der Waals surface area contributed by atoms with Gasteiger partial charge in [-0.3, -0.25) is 0 Å². The Bertz CT molecular complexity index is 2180. The zero-order chi connectivity index (χ0) is 35.2. The van der Waals surface area contributed by atoms with E-state index in [-0.39, 0.29) is 23.2 Å². The van der Waals surface area contributed by atoms with Crippen molar-refractivity contribution in [3.63, 3.8) is 0 Å². The molecule has 2 N–H and O–H groups in total. The van der Waals surface area contributed by atoms with Crippen LogP contribution in [0.5, 0.6) is 0 Å². The number of alkyl halides is 3. The Balaban J connectivity index is 1.44. The topological polar surface area (TPSA) is 87.5 Å². The largest absolute Gasteiger partial charge is 0.493 e. The maximum Gasteiger partial charge on any atom is 0.418 e. The van der Waals surface area contributed by atoms with Gasteiger partial charge in [-0.25, -0.2) is 14.0 Å². The predicted molar refractivity (Wildman–Crippen MR) is 190 cm³/mol. The van der Waals surface area contributed by atoms with E-state index >= 15 is 13.2 Å². The molecule has 13 heteroatoms. The highest BCUT2D eigenvalue weighted by molar-refractivity contribution is 7.91. The number of nitrogens with one attached hydrogen (secondary N) is 1. The Morgan fingerprint density at radius 2 is 1.58 bits per heavy atom. The van der Waals surface area contributed by atoms with E-state index in [2.05, 4.69) is 0 Å². The smallest absolute Gasteiger partial charge is 0.418 e. The molecule has 1 fully saturated rings. The normalized spacial score (nSPS) is 17.0. The number of aromatic nitrogens is 2. The summed E-state index contributed by atoms with van der Waals surface area (Å²) in [6.45, 7) is 0. The van der Waals surface area contributed by atoms with Crippen molar-refractivity contribution in [2.45, 2.75) is 44.2 Å². The molecule has 1 aliphatic heterocycles. The van der Waals surface area contributed by atoms with Gasteiger partial charge in [0.15, 0.2) is 0 Å². The van der Waals surface area contributed by atoms with Crippen molar-refractivity contribution >= 4 is 39.1 Å². The first-order valence-electron chi connectivity index (χ1n) is 16.0. The number of benzene rings is 4. The molecule has 2 aliphatic rings. The van der Waals surface area contributed by atoms with Crippen LogP contribution in [0.25, 0.3) is 28.1 Å². The van der Waals surface area contributed by atoms with E-state index in [1.54, 1.807) is 24.4 Å². The summed E-state index contributed by atoms with van der Waals surface area (Å²) in [4.78, 5) is 5.05. The van der Waals surface area contributed by atoms with Crippen LogP contribution in [-0.2, 0) is 16.4 Å². The summed E-state index contributed by atoms with van der Waals surface area (Å²) in [5, 5.41) is 10.5. The summed E-state index contributed by atoms with van der Waals surface area (Å²) >= 11 is 12.8. The first-order chi connectivity index (χ1) is 23.9. The number of imidazole rings is 1. The van der Waals surface area contributed by atoms with Gasteiger partial charge in [0, 0.05) is 22.7 Å². The molecule has 0 bridgehead atoms. The molecule has 1 aromatic heterocycles. The van der Waals surface area contributed by atoms with Crippen LogP contribution in [0.4, 0.5) is 18.9 Å². The van der Waals surface area contributed by atoms with E-state index in [1.807, 2.05) is 59.3 Å². The van der Waals surface area contributed by atoms with Gasteiger partial charge in [0.05, 0.1) is 33.9 Å². The van der Waals surface area contributed by atoms with Gasteiger partial charge in [0.25, 0.3) is 0 Å². The standard InChI is InChI=1S/C37H31Cl2F3N4O3S/c38-27-15-17-29(31(39)19-27)32-21-45(33-18-16-28(20-30(33)37(40,41)42)46-22-34(47)44-50(46,48)49)36(43-32)35(25-9-5-2-6-10-25)26-13-11-24(12-14-26)23-7-3-1-4-8-23/h1,3-4,7-8,11-22,25,35,44,47H,2,5-6,9-10H2. The molecule has 50 heavy (non-hydrogen) atoms. The second kappa shape index (κ2) is 13.4. The molecule has 7 rings (SSSR count). The van der Waals surface area contributed by atoms with Crippen molar-refractivity contribution in [1.82, 2.24) is 14.3 Å². The third kappa shape index (κ3) is 6.69. The first-order valence-corrected chi connectivity index (χ1v) is 18.2. The van der Waals surface area contributed by atoms with Crippen molar-refractivity contribution in [2.75, 3.05) is 4.31 Å². The van der Waals surface area contributed by atoms with E-state index in [0.717, 1.165) is 61.1 Å². The maximum atomic E-state index is 15.0. The zero-order valence-electron chi connectivity index (χ0n) is 26.4. The average molecular weight is 740 g/mol. The SMILES string of the molecule is O=S1(=O)NC(O)=CN1c1ccc(-n2cc(-c3ccc(Cl)cc3Cl)nc2C(c2ccc(-c3ccccc3)cc2)C2CCCCC2)c(C(F)(F)F)c1. The molecule has 0 radical (unpaired) electrons. The maximum absolute atomic E-state index is 15.0. The van der Waals surface area contributed by atoms with Crippen LogP contribution in [0, 0.1) is 5.92 Å². The lowest BCUT2D eigenvalue weighted by atomic mass is 9.76. The Morgan fingerprint density at radius 3 is 2.22 bits per heavy atom. The van der Waals surface area contributed by atoms with Gasteiger partial charge in [-0.05, 0) is 71.8 Å². The van der Waals surface area contributed by atoms with Crippen LogP contribution < -0.4 is 9.03 Å². The number of hydrogen-bond acceptors (Lipinski definition) is 4. The molecule has 1 saturated carbocycles. The molecule has 2 heterocycles. The fourth-order valence-corrected chi connectivity index (χ4v) is 8.50. The van der Waals surface area contributed by atoms with Gasteiger partial charge in [-0.1, -0.05) is 97.1 Å². The van der Waals surface area contributed by atoms with Crippen molar-refractivity contribution in [2.24, 2.45) is 5.92 Å². The summed E-state index contributed by atoms with van der Waals surface area (Å²) in [5.41, 5.74) is 2.20. The average Bonchev–Trinajstić information content (AvgIpc) is 3.64. The molecule has 0 saturated heterocycles. The minimum atomic E-state index is -4.90. The van der Waals surface area contributed by atoms with Gasteiger partial charge < -0.3 is 9.67 Å². The molecule has 4 aromatic carbocycles. The van der Waals surface area contributed by atoms with Gasteiger partial charge in [0.2, 0.25) is 5.88 Å². The fraction of sp³-hybridized carbons (Fsp3) is 0.216. The monoisotopic (exact) mass is 738 g/mol. The van der Waals surface area contributed by atoms with E-state index in [0.29, 0.717) is 31.4 Å². The molecule has 1 aliphatic carbocycles. The lowest BCUT2D eigenvalue weighted by molar-refractivity contribution is -0.137. The molecule has 5 aromatic rings. The van der Waals surface area contributed by atoms with E-state index in [1.165, 1.54) is 16.7 Å². The summed E-state index contributed by atoms with van der Waals surface area (Å²) in [6.07, 6.45) is 2.25. The zero-order valence-corrected chi connectivity index (χ0v) is 28.7. The predicted octanol–water partition coefficient (Wildman–Crippen LogP) is 10.3. The minimum absolute atomic E-state index is 0.0866. The summed E-state index contributed by atoms with van der Waals surface area (Å²) in [6, 6.07) is 26.1. The van der Waals surface area contributed by atoms with Gasteiger partial charge >= 0.3 is 16.4 Å². The van der Waals surface area contributed by atoms with Crippen molar-refractivity contribution < 1.29 is 26.7 Å². The van der Waals surface area contributed by atoms with Gasteiger partial charge in [-0.15, -0.1) is 0 Å². The van der Waals surface area contributed by atoms with E-state index < -0.39 is 27.8 Å². The second-order valence-corrected chi connectivity index (χ2v) is 14.9. The van der Waals surface area contributed by atoms with Gasteiger partial charge in [-0.2, -0.15) is 21.6 Å². The van der Waals surface area contributed by atoms with Gasteiger partial charge in [0.1, 0.15) is 5.82 Å². The molecule has 7 nitrogen and oxygen atoms in total. The molecule has 0 spiro atoms. The third-order valence-electron chi connectivity index (χ3n) is 9.25. The Hall–Kier alpha value is -4.45. The molecular formula is C37H31Cl2F3N4O3S. The van der Waals surface area contributed by atoms with Crippen LogP contribution in [0.3, 0.4) is 0 Å². The van der Waals surface area contributed by atoms with Crippen LogP contribution in [0.2, 0.25) is 10.0 Å². The molecular weight excluding hydrogens is 708 g/mol. The summed E-state index contributed by atoms with van der Waals surface area (Å²) in [5.74, 6) is -0.610. The highest BCUT2D eigenvalue weighted by Gasteiger charge is 2.39. The van der Waals surface area contributed by atoms with Crippen LogP contribution in [-0.4, -0.2) is 23.1 Å². The van der Waals surface area contributed by atoms with Crippen molar-refractivity contribution in [3.8, 4) is 28.1 Å². The van der Waals surface area contributed by atoms with Crippen molar-refractivity contribution in [1.29, 1.82) is 0 Å². The first kappa shape index (κ1) is 34.0. The second-order valence-electron chi connectivity index (χ2n) is 12.5. The third-order valence-corrected chi connectivity index (χ3v) is 11.1. The number of rotatable bonds is 7. The number of nitrogens with zero attached hydrogens (tertiary/aromatic N) is 3. The Labute approximate surface area is 297 Å². The van der Waals surface area contributed by atoms with Crippen LogP contribution >= 0.6 is 23.2 Å². The molecule has 1 atom stereocenters. The van der Waals surface area contributed by atoms with E-state index in [9.17, 15) is 13.5 Å². The quantitative estimate of drug-likeness (QED) is 0.174. The van der Waals surface area contributed by atoms with E-state index in [4.69, 9.17) is 28.2 Å². The number of anilines is 1. The Morgan fingerprint density at radius 1 is 0.880 bits per heavy atom.